The Hall–Kier alpha value is 0.310. The maximum Gasteiger partial charge on any atom is 0.0553 e. The van der Waals surface area contributed by atoms with Gasteiger partial charge in [-0.3, -0.25) is 0 Å². The van der Waals surface area contributed by atoms with Gasteiger partial charge in [-0.25, -0.2) is 0 Å². The number of rotatable bonds is 4. The van der Waals surface area contributed by atoms with Gasteiger partial charge in [-0.1, -0.05) is 0 Å². The third-order valence-corrected chi connectivity index (χ3v) is 2.51. The Morgan fingerprint density at radius 2 is 2.38 bits per heavy atom. The topological polar surface area (TPSA) is 9.23 Å². The van der Waals surface area contributed by atoms with Gasteiger partial charge in [0.05, 0.1) is 6.61 Å². The van der Waals surface area contributed by atoms with Crippen LogP contribution in [0, 0.1) is 0 Å². The zero-order valence-electron chi connectivity index (χ0n) is 5.22. The molecule has 1 fully saturated rings. The smallest absolute Gasteiger partial charge is 0.0553 e. The van der Waals surface area contributed by atoms with Crippen molar-refractivity contribution in [3.05, 3.63) is 0 Å². The van der Waals surface area contributed by atoms with Crippen molar-refractivity contribution in [3.8, 4) is 0 Å². The average Bonchev–Trinajstić information content (AvgIpc) is 2.51. The van der Waals surface area contributed by atoms with Crippen molar-refractivity contribution in [1.29, 1.82) is 0 Å². The normalized spacial score (nSPS) is 19.1. The number of hydrogen-bond donors (Lipinski definition) is 0. The molecule has 0 saturated heterocycles. The van der Waals surface area contributed by atoms with Gasteiger partial charge in [0, 0.05) is 18.1 Å². The summed E-state index contributed by atoms with van der Waals surface area (Å²) in [7, 11) is 1.76. The average molecular weight is 132 g/mol. The van der Waals surface area contributed by atoms with Crippen molar-refractivity contribution in [2.75, 3.05) is 19.5 Å². The third kappa shape index (κ3) is 2.58. The summed E-state index contributed by atoms with van der Waals surface area (Å²) >= 11 is 2.04. The zero-order valence-corrected chi connectivity index (χ0v) is 6.04. The second-order valence-corrected chi connectivity index (χ2v) is 3.47. The van der Waals surface area contributed by atoms with E-state index in [1.165, 1.54) is 18.6 Å². The van der Waals surface area contributed by atoms with Gasteiger partial charge in [0.2, 0.25) is 0 Å². The SMILES string of the molecule is COCCSC1CC1. The molecule has 48 valence electrons. The molecule has 1 aliphatic rings. The fraction of sp³-hybridized carbons (Fsp3) is 1.00. The molecule has 0 atom stereocenters. The van der Waals surface area contributed by atoms with Gasteiger partial charge < -0.3 is 4.74 Å². The van der Waals surface area contributed by atoms with E-state index in [1.54, 1.807) is 7.11 Å². The van der Waals surface area contributed by atoms with E-state index in [0.717, 1.165) is 11.9 Å². The van der Waals surface area contributed by atoms with E-state index in [9.17, 15) is 0 Å². The predicted molar refractivity (Wildman–Crippen MR) is 37.4 cm³/mol. The molecular weight excluding hydrogens is 120 g/mol. The molecule has 1 aliphatic carbocycles. The van der Waals surface area contributed by atoms with Crippen molar-refractivity contribution in [2.45, 2.75) is 18.1 Å². The van der Waals surface area contributed by atoms with Gasteiger partial charge >= 0.3 is 0 Å². The van der Waals surface area contributed by atoms with Crippen molar-refractivity contribution in [2.24, 2.45) is 0 Å². The first kappa shape index (κ1) is 6.43. The first-order valence-corrected chi connectivity index (χ1v) is 4.09. The summed E-state index contributed by atoms with van der Waals surface area (Å²) in [6.45, 7) is 0.918. The molecule has 2 heteroatoms. The van der Waals surface area contributed by atoms with Crippen LogP contribution in [-0.2, 0) is 4.74 Å². The Balaban J connectivity index is 1.74. The fourth-order valence-electron chi connectivity index (χ4n) is 0.533. The van der Waals surface area contributed by atoms with Crippen LogP contribution in [-0.4, -0.2) is 24.7 Å². The minimum Gasteiger partial charge on any atom is -0.384 e. The molecule has 0 aliphatic heterocycles. The van der Waals surface area contributed by atoms with Crippen LogP contribution in [0.3, 0.4) is 0 Å². The summed E-state index contributed by atoms with van der Waals surface area (Å²) in [6, 6.07) is 0. The Morgan fingerprint density at radius 3 is 2.88 bits per heavy atom. The van der Waals surface area contributed by atoms with Gasteiger partial charge in [0.1, 0.15) is 0 Å². The molecule has 0 spiro atoms. The summed E-state index contributed by atoms with van der Waals surface area (Å²) in [5.41, 5.74) is 0. The van der Waals surface area contributed by atoms with Crippen LogP contribution in [0.5, 0.6) is 0 Å². The minimum absolute atomic E-state index is 0.918. The number of ether oxygens (including phenoxy) is 1. The van der Waals surface area contributed by atoms with E-state index in [2.05, 4.69) is 0 Å². The second kappa shape index (κ2) is 3.36. The van der Waals surface area contributed by atoms with Crippen molar-refractivity contribution in [3.63, 3.8) is 0 Å². The van der Waals surface area contributed by atoms with Crippen LogP contribution in [0.25, 0.3) is 0 Å². The first-order valence-electron chi connectivity index (χ1n) is 3.04. The lowest BCUT2D eigenvalue weighted by atomic mass is 10.9. The van der Waals surface area contributed by atoms with Crippen molar-refractivity contribution >= 4 is 11.8 Å². The van der Waals surface area contributed by atoms with Gasteiger partial charge in [-0.15, -0.1) is 0 Å². The molecule has 0 N–H and O–H groups in total. The van der Waals surface area contributed by atoms with Crippen molar-refractivity contribution in [1.82, 2.24) is 0 Å². The van der Waals surface area contributed by atoms with Gasteiger partial charge in [-0.2, -0.15) is 11.8 Å². The molecule has 1 nitrogen and oxygen atoms in total. The van der Waals surface area contributed by atoms with E-state index >= 15 is 0 Å². The largest absolute Gasteiger partial charge is 0.384 e. The Bertz CT molecular complexity index is 61.5. The summed E-state index contributed by atoms with van der Waals surface area (Å²) in [5, 5.41) is 0.991. The molecular formula is C6H12OS. The molecule has 0 heterocycles. The summed E-state index contributed by atoms with van der Waals surface area (Å²) in [5.74, 6) is 1.18. The van der Waals surface area contributed by atoms with Crippen LogP contribution >= 0.6 is 11.8 Å². The maximum atomic E-state index is 4.90. The summed E-state index contributed by atoms with van der Waals surface area (Å²) < 4.78 is 4.90. The molecule has 0 amide bonds. The molecule has 0 bridgehead atoms. The summed E-state index contributed by atoms with van der Waals surface area (Å²) in [4.78, 5) is 0. The zero-order chi connectivity index (χ0) is 5.82. The highest BCUT2D eigenvalue weighted by molar-refractivity contribution is 8.00. The highest BCUT2D eigenvalue weighted by Crippen LogP contribution is 2.33. The minimum atomic E-state index is 0.918. The van der Waals surface area contributed by atoms with E-state index in [0.29, 0.717) is 0 Å². The number of thioether (sulfide) groups is 1. The number of hydrogen-bond acceptors (Lipinski definition) is 2. The maximum absolute atomic E-state index is 4.90. The lowest BCUT2D eigenvalue weighted by Crippen LogP contribution is -1.91. The molecule has 0 unspecified atom stereocenters. The van der Waals surface area contributed by atoms with E-state index in [-0.39, 0.29) is 0 Å². The van der Waals surface area contributed by atoms with Crippen LogP contribution in [0.15, 0.2) is 0 Å². The lowest BCUT2D eigenvalue weighted by Gasteiger charge is -1.94. The quantitative estimate of drug-likeness (QED) is 0.536. The lowest BCUT2D eigenvalue weighted by molar-refractivity contribution is 0.218. The first-order chi connectivity index (χ1) is 3.93. The standard InChI is InChI=1S/C6H12OS/c1-7-4-5-8-6-2-3-6/h6H,2-5H2,1H3. The predicted octanol–water partition coefficient (Wildman–Crippen LogP) is 1.53. The number of methoxy groups -OCH3 is 1. The van der Waals surface area contributed by atoms with Gasteiger partial charge in [0.15, 0.2) is 0 Å². The Labute approximate surface area is 54.8 Å². The van der Waals surface area contributed by atoms with E-state index in [1.807, 2.05) is 11.8 Å². The third-order valence-electron chi connectivity index (χ3n) is 1.17. The highest BCUT2D eigenvalue weighted by Gasteiger charge is 2.20. The van der Waals surface area contributed by atoms with Crippen LogP contribution in [0.4, 0.5) is 0 Å². The molecule has 1 rings (SSSR count). The molecule has 0 aromatic carbocycles. The molecule has 8 heavy (non-hydrogen) atoms. The fourth-order valence-corrected chi connectivity index (χ4v) is 1.60. The van der Waals surface area contributed by atoms with E-state index in [4.69, 9.17) is 4.74 Å². The molecule has 0 aromatic heterocycles. The second-order valence-electron chi connectivity index (χ2n) is 2.06. The highest BCUT2D eigenvalue weighted by atomic mass is 32.2. The van der Waals surface area contributed by atoms with Crippen LogP contribution in [0.2, 0.25) is 0 Å². The Kier molecular flexibility index (Phi) is 2.70. The molecule has 0 aromatic rings. The Morgan fingerprint density at radius 1 is 1.62 bits per heavy atom. The van der Waals surface area contributed by atoms with Crippen molar-refractivity contribution < 1.29 is 4.74 Å². The monoisotopic (exact) mass is 132 g/mol. The van der Waals surface area contributed by atoms with E-state index < -0.39 is 0 Å². The van der Waals surface area contributed by atoms with Gasteiger partial charge in [-0.05, 0) is 12.8 Å². The van der Waals surface area contributed by atoms with Crippen LogP contribution < -0.4 is 0 Å². The van der Waals surface area contributed by atoms with Gasteiger partial charge in [0.25, 0.3) is 0 Å². The van der Waals surface area contributed by atoms with Crippen LogP contribution in [0.1, 0.15) is 12.8 Å². The molecule has 0 radical (unpaired) electrons. The summed E-state index contributed by atoms with van der Waals surface area (Å²) in [6.07, 6.45) is 2.88. The molecule has 1 saturated carbocycles.